The van der Waals surface area contributed by atoms with E-state index in [1.165, 1.54) is 0 Å². The van der Waals surface area contributed by atoms with Gasteiger partial charge in [0.15, 0.2) is 0 Å². The van der Waals surface area contributed by atoms with Crippen LogP contribution in [0, 0.1) is 13.8 Å². The monoisotopic (exact) mass is 446 g/mol. The van der Waals surface area contributed by atoms with Crippen LogP contribution in [0.4, 0.5) is 5.69 Å². The molecule has 32 heavy (non-hydrogen) atoms. The quantitative estimate of drug-likeness (QED) is 0.418. The molecule has 7 heteroatoms. The summed E-state index contributed by atoms with van der Waals surface area (Å²) in [5.41, 5.74) is 5.21. The van der Waals surface area contributed by atoms with Crippen LogP contribution in [0.15, 0.2) is 73.1 Å². The van der Waals surface area contributed by atoms with Crippen molar-refractivity contribution in [3.8, 4) is 11.4 Å². The molecule has 0 aliphatic rings. The first kappa shape index (κ1) is 21.6. The van der Waals surface area contributed by atoms with Crippen LogP contribution in [0.1, 0.15) is 22.5 Å². The molecule has 2 heterocycles. The lowest BCUT2D eigenvalue weighted by Crippen LogP contribution is -2.15. The third kappa shape index (κ3) is 5.15. The zero-order valence-electron chi connectivity index (χ0n) is 17.9. The maximum Gasteiger partial charge on any atom is 0.228 e. The van der Waals surface area contributed by atoms with E-state index < -0.39 is 0 Å². The van der Waals surface area contributed by atoms with Gasteiger partial charge in [-0.3, -0.25) is 9.78 Å². The molecule has 0 unspecified atom stereocenters. The summed E-state index contributed by atoms with van der Waals surface area (Å²) in [5, 5.41) is 8.23. The number of carbonyl (C=O) groups excluding carboxylic acids is 1. The van der Waals surface area contributed by atoms with Crippen LogP contribution in [-0.2, 0) is 17.8 Å². The summed E-state index contributed by atoms with van der Waals surface area (Å²) in [5.74, 6) is 0.561. The molecule has 0 bridgehead atoms. The zero-order chi connectivity index (χ0) is 22.5. The van der Waals surface area contributed by atoms with E-state index in [1.54, 1.807) is 12.4 Å². The lowest BCUT2D eigenvalue weighted by atomic mass is 10.1. The molecule has 0 aliphatic heterocycles. The van der Waals surface area contributed by atoms with Crippen LogP contribution in [-0.4, -0.2) is 20.7 Å². The average molecular weight is 447 g/mol. The number of amides is 1. The number of carbonyl (C=O) groups is 1. The minimum Gasteiger partial charge on any atom is -0.489 e. The molecule has 1 N–H and O–H groups in total. The third-order valence-corrected chi connectivity index (χ3v) is 5.35. The number of pyridine rings is 1. The Labute approximate surface area is 191 Å². The van der Waals surface area contributed by atoms with E-state index >= 15 is 0 Å². The van der Waals surface area contributed by atoms with Crippen molar-refractivity contribution in [1.82, 2.24) is 14.8 Å². The van der Waals surface area contributed by atoms with Gasteiger partial charge in [-0.15, -0.1) is 0 Å². The Bertz CT molecular complexity index is 1220. The van der Waals surface area contributed by atoms with Crippen molar-refractivity contribution in [2.24, 2.45) is 0 Å². The van der Waals surface area contributed by atoms with E-state index in [1.807, 2.05) is 79.2 Å². The van der Waals surface area contributed by atoms with Gasteiger partial charge in [-0.05, 0) is 56.3 Å². The fraction of sp³-hybridized carbons (Fsp3) is 0.160. The SMILES string of the molecule is Cc1nn(-c2ccc(Cl)cc2)c(C)c1CC(=O)Nc1cccc(OCc2cccnc2)c1. The molecular formula is C25H23ClN4O2. The van der Waals surface area contributed by atoms with Gasteiger partial charge < -0.3 is 10.1 Å². The van der Waals surface area contributed by atoms with E-state index in [9.17, 15) is 4.79 Å². The molecule has 6 nitrogen and oxygen atoms in total. The summed E-state index contributed by atoms with van der Waals surface area (Å²) in [6.07, 6.45) is 3.72. The van der Waals surface area contributed by atoms with Crippen molar-refractivity contribution >= 4 is 23.2 Å². The number of halogens is 1. The molecule has 0 saturated heterocycles. The summed E-state index contributed by atoms with van der Waals surface area (Å²) < 4.78 is 7.65. The molecule has 162 valence electrons. The number of hydrogen-bond donors (Lipinski definition) is 1. The number of aromatic nitrogens is 3. The normalized spacial score (nSPS) is 10.7. The summed E-state index contributed by atoms with van der Waals surface area (Å²) in [6.45, 7) is 4.28. The second kappa shape index (κ2) is 9.66. The Morgan fingerprint density at radius 1 is 1.09 bits per heavy atom. The highest BCUT2D eigenvalue weighted by atomic mass is 35.5. The standard InChI is InChI=1S/C25H23ClN4O2/c1-17-24(18(2)30(29-17)22-10-8-20(26)9-11-22)14-25(31)28-21-6-3-7-23(13-21)32-16-19-5-4-12-27-15-19/h3-13,15H,14,16H2,1-2H3,(H,28,31). The van der Waals surface area contributed by atoms with Gasteiger partial charge in [0.1, 0.15) is 12.4 Å². The average Bonchev–Trinajstić information content (AvgIpc) is 3.07. The molecule has 0 spiro atoms. The van der Waals surface area contributed by atoms with Crippen molar-refractivity contribution in [2.75, 3.05) is 5.32 Å². The summed E-state index contributed by atoms with van der Waals surface area (Å²) >= 11 is 5.99. The highest BCUT2D eigenvalue weighted by molar-refractivity contribution is 6.30. The lowest BCUT2D eigenvalue weighted by Gasteiger charge is -2.10. The fourth-order valence-electron chi connectivity index (χ4n) is 3.44. The van der Waals surface area contributed by atoms with Crippen molar-refractivity contribution in [3.63, 3.8) is 0 Å². The molecule has 0 aliphatic carbocycles. The highest BCUT2D eigenvalue weighted by Crippen LogP contribution is 2.22. The van der Waals surface area contributed by atoms with Crippen molar-refractivity contribution < 1.29 is 9.53 Å². The van der Waals surface area contributed by atoms with Crippen molar-refractivity contribution in [1.29, 1.82) is 0 Å². The Kier molecular flexibility index (Phi) is 6.52. The second-order valence-corrected chi connectivity index (χ2v) is 7.88. The fourth-order valence-corrected chi connectivity index (χ4v) is 3.57. The molecule has 0 fully saturated rings. The molecule has 1 amide bonds. The maximum atomic E-state index is 12.8. The predicted octanol–water partition coefficient (Wildman–Crippen LogP) is 5.30. The van der Waals surface area contributed by atoms with Crippen LogP contribution >= 0.6 is 11.6 Å². The Morgan fingerprint density at radius 3 is 2.66 bits per heavy atom. The topological polar surface area (TPSA) is 69.0 Å². The number of nitrogens with one attached hydrogen (secondary N) is 1. The number of ether oxygens (including phenoxy) is 1. The van der Waals surface area contributed by atoms with E-state index in [-0.39, 0.29) is 12.3 Å². The van der Waals surface area contributed by atoms with Crippen molar-refractivity contribution in [2.45, 2.75) is 26.9 Å². The molecule has 4 rings (SSSR count). The Morgan fingerprint density at radius 2 is 1.91 bits per heavy atom. The van der Waals surface area contributed by atoms with Crippen molar-refractivity contribution in [3.05, 3.63) is 101 Å². The molecule has 2 aromatic heterocycles. The van der Waals surface area contributed by atoms with Gasteiger partial charge in [0, 0.05) is 46.0 Å². The summed E-state index contributed by atoms with van der Waals surface area (Å²) in [4.78, 5) is 16.8. The van der Waals surface area contributed by atoms with E-state index in [2.05, 4.69) is 15.4 Å². The van der Waals surface area contributed by atoms with Gasteiger partial charge >= 0.3 is 0 Å². The number of anilines is 1. The van der Waals surface area contributed by atoms with E-state index in [4.69, 9.17) is 16.3 Å². The van der Waals surface area contributed by atoms with Crippen LogP contribution in [0.3, 0.4) is 0 Å². The van der Waals surface area contributed by atoms with Gasteiger partial charge in [-0.1, -0.05) is 23.7 Å². The van der Waals surface area contributed by atoms with E-state index in [0.717, 1.165) is 28.2 Å². The van der Waals surface area contributed by atoms with Gasteiger partial charge in [0.2, 0.25) is 5.91 Å². The van der Waals surface area contributed by atoms with Crippen LogP contribution in [0.2, 0.25) is 5.02 Å². The second-order valence-electron chi connectivity index (χ2n) is 7.44. The predicted molar refractivity (Wildman–Crippen MR) is 125 cm³/mol. The van der Waals surface area contributed by atoms with Gasteiger partial charge in [0.05, 0.1) is 17.8 Å². The first-order valence-corrected chi connectivity index (χ1v) is 10.6. The van der Waals surface area contributed by atoms with E-state index in [0.29, 0.717) is 23.1 Å². The van der Waals surface area contributed by atoms with Gasteiger partial charge in [-0.25, -0.2) is 4.68 Å². The minimum atomic E-state index is -0.115. The maximum absolute atomic E-state index is 12.8. The Hall–Kier alpha value is -3.64. The zero-order valence-corrected chi connectivity index (χ0v) is 18.6. The molecule has 0 atom stereocenters. The number of aryl methyl sites for hydroxylation is 1. The number of benzene rings is 2. The summed E-state index contributed by atoms with van der Waals surface area (Å²) in [7, 11) is 0. The number of hydrogen-bond acceptors (Lipinski definition) is 4. The van der Waals surface area contributed by atoms with Gasteiger partial charge in [0.25, 0.3) is 0 Å². The minimum absolute atomic E-state index is 0.115. The first-order valence-electron chi connectivity index (χ1n) is 10.2. The van der Waals surface area contributed by atoms with Crippen LogP contribution in [0.25, 0.3) is 5.69 Å². The molecule has 0 radical (unpaired) electrons. The summed E-state index contributed by atoms with van der Waals surface area (Å²) in [6, 6.07) is 18.6. The first-order chi connectivity index (χ1) is 15.5. The number of rotatable bonds is 7. The smallest absolute Gasteiger partial charge is 0.228 e. The van der Waals surface area contributed by atoms with Crippen LogP contribution < -0.4 is 10.1 Å². The third-order valence-electron chi connectivity index (χ3n) is 5.10. The molecular weight excluding hydrogens is 424 g/mol. The molecule has 2 aromatic carbocycles. The lowest BCUT2D eigenvalue weighted by molar-refractivity contribution is -0.115. The molecule has 4 aromatic rings. The van der Waals surface area contributed by atoms with Gasteiger partial charge in [-0.2, -0.15) is 5.10 Å². The largest absolute Gasteiger partial charge is 0.489 e. The molecule has 0 saturated carbocycles. The number of nitrogens with zero attached hydrogens (tertiary/aromatic N) is 3. The van der Waals surface area contributed by atoms with Crippen LogP contribution in [0.5, 0.6) is 5.75 Å². The highest BCUT2D eigenvalue weighted by Gasteiger charge is 2.16. The Balaban J connectivity index is 1.42.